The maximum absolute atomic E-state index is 13.3. The summed E-state index contributed by atoms with van der Waals surface area (Å²) in [6, 6.07) is 6.17. The van der Waals surface area contributed by atoms with Crippen molar-refractivity contribution in [3.05, 3.63) is 29.6 Å². The van der Waals surface area contributed by atoms with Gasteiger partial charge in [0, 0.05) is 34.5 Å². The Morgan fingerprint density at radius 2 is 2.29 bits per heavy atom. The monoisotopic (exact) mass is 254 g/mol. The van der Waals surface area contributed by atoms with Crippen molar-refractivity contribution in [1.29, 1.82) is 5.26 Å². The zero-order chi connectivity index (χ0) is 12.8. The molecule has 1 aromatic rings. The van der Waals surface area contributed by atoms with E-state index >= 15 is 0 Å². The number of halogens is 1. The first-order valence-electron chi connectivity index (χ1n) is 5.30. The molecule has 2 unspecified atom stereocenters. The predicted molar refractivity (Wildman–Crippen MR) is 67.8 cm³/mol. The average molecular weight is 254 g/mol. The van der Waals surface area contributed by atoms with Crippen LogP contribution >= 0.6 is 0 Å². The van der Waals surface area contributed by atoms with Crippen LogP contribution in [0.3, 0.4) is 0 Å². The lowest BCUT2D eigenvalue weighted by Gasteiger charge is -2.10. The fraction of sp³-hybridized carbons (Fsp3) is 0.417. The highest BCUT2D eigenvalue weighted by molar-refractivity contribution is 7.84. The Labute approximate surface area is 103 Å². The minimum absolute atomic E-state index is 0.0404. The van der Waals surface area contributed by atoms with Crippen molar-refractivity contribution >= 4 is 16.5 Å². The molecule has 3 nitrogen and oxygen atoms in total. The van der Waals surface area contributed by atoms with Crippen LogP contribution in [0, 0.1) is 17.1 Å². The van der Waals surface area contributed by atoms with E-state index in [1.165, 1.54) is 12.1 Å². The van der Waals surface area contributed by atoms with E-state index in [2.05, 4.69) is 5.32 Å². The molecule has 1 rings (SSSR count). The van der Waals surface area contributed by atoms with Crippen LogP contribution in [0.1, 0.15) is 18.9 Å². The van der Waals surface area contributed by atoms with E-state index in [1.807, 2.05) is 6.92 Å². The highest BCUT2D eigenvalue weighted by Crippen LogP contribution is 2.14. The summed E-state index contributed by atoms with van der Waals surface area (Å²) in [7, 11) is -0.835. The van der Waals surface area contributed by atoms with E-state index in [4.69, 9.17) is 5.26 Å². The highest BCUT2D eigenvalue weighted by atomic mass is 32.2. The van der Waals surface area contributed by atoms with Crippen molar-refractivity contribution in [1.82, 2.24) is 0 Å². The van der Waals surface area contributed by atoms with Crippen LogP contribution < -0.4 is 5.32 Å². The number of nitrogens with zero attached hydrogens (tertiary/aromatic N) is 1. The number of rotatable bonds is 5. The van der Waals surface area contributed by atoms with Crippen LogP contribution in [-0.2, 0) is 10.8 Å². The van der Waals surface area contributed by atoms with Gasteiger partial charge in [-0.05, 0) is 24.6 Å². The van der Waals surface area contributed by atoms with Crippen LogP contribution in [0.2, 0.25) is 0 Å². The molecule has 1 N–H and O–H groups in total. The maximum Gasteiger partial charge on any atom is 0.143 e. The lowest BCUT2D eigenvalue weighted by atomic mass is 10.2. The summed E-state index contributed by atoms with van der Waals surface area (Å²) < 4.78 is 24.4. The maximum atomic E-state index is 13.3. The van der Waals surface area contributed by atoms with E-state index in [-0.39, 0.29) is 10.8 Å². The van der Waals surface area contributed by atoms with Gasteiger partial charge in [0.15, 0.2) is 0 Å². The number of nitrogens with one attached hydrogen (secondary N) is 1. The number of hydrogen-bond donors (Lipinski definition) is 1. The van der Waals surface area contributed by atoms with Crippen LogP contribution in [-0.4, -0.2) is 22.3 Å². The quantitative estimate of drug-likeness (QED) is 0.877. The zero-order valence-electron chi connectivity index (χ0n) is 9.87. The third kappa shape index (κ3) is 4.16. The summed E-state index contributed by atoms with van der Waals surface area (Å²) >= 11 is 0. The minimum Gasteiger partial charge on any atom is -0.385 e. The largest absolute Gasteiger partial charge is 0.385 e. The molecule has 92 valence electrons. The minimum atomic E-state index is -0.835. The van der Waals surface area contributed by atoms with E-state index in [1.54, 1.807) is 18.4 Å². The molecule has 0 aromatic heterocycles. The second-order valence-corrected chi connectivity index (χ2v) is 5.63. The van der Waals surface area contributed by atoms with Crippen LogP contribution in [0.4, 0.5) is 10.1 Å². The normalized spacial score (nSPS) is 13.8. The second-order valence-electron chi connectivity index (χ2n) is 3.83. The summed E-state index contributed by atoms with van der Waals surface area (Å²) in [5, 5.41) is 11.7. The summed E-state index contributed by atoms with van der Waals surface area (Å²) in [5.41, 5.74) is 0.675. The standard InChI is InChI=1S/C12H15FN2OS/c1-9(17(2)16)5-6-15-11-4-3-10(8-14)12(13)7-11/h3-4,7,9,15H,5-6H2,1-2H3. The molecule has 0 aliphatic carbocycles. The lowest BCUT2D eigenvalue weighted by molar-refractivity contribution is 0.624. The Hall–Kier alpha value is -1.41. The van der Waals surface area contributed by atoms with Crippen molar-refractivity contribution in [2.45, 2.75) is 18.6 Å². The Kier molecular flexibility index (Phi) is 5.11. The molecule has 0 aliphatic rings. The molecule has 0 heterocycles. The molecule has 0 aliphatic heterocycles. The van der Waals surface area contributed by atoms with E-state index in [0.717, 1.165) is 6.42 Å². The molecular formula is C12H15FN2OS. The summed E-state index contributed by atoms with van der Waals surface area (Å²) in [5.74, 6) is -0.524. The lowest BCUT2D eigenvalue weighted by Crippen LogP contribution is -2.14. The molecule has 1 aromatic carbocycles. The molecule has 0 saturated carbocycles. The second kappa shape index (κ2) is 6.36. The number of nitriles is 1. The zero-order valence-corrected chi connectivity index (χ0v) is 10.7. The predicted octanol–water partition coefficient (Wildman–Crippen LogP) is 2.27. The topological polar surface area (TPSA) is 52.9 Å². The van der Waals surface area contributed by atoms with Gasteiger partial charge >= 0.3 is 0 Å². The van der Waals surface area contributed by atoms with E-state index in [9.17, 15) is 8.60 Å². The van der Waals surface area contributed by atoms with Gasteiger partial charge in [-0.25, -0.2) is 4.39 Å². The van der Waals surface area contributed by atoms with Crippen LogP contribution in [0.15, 0.2) is 18.2 Å². The number of benzene rings is 1. The third-order valence-electron chi connectivity index (χ3n) is 2.54. The molecule has 17 heavy (non-hydrogen) atoms. The van der Waals surface area contributed by atoms with E-state index < -0.39 is 16.6 Å². The molecule has 5 heteroatoms. The van der Waals surface area contributed by atoms with Gasteiger partial charge in [0.05, 0.1) is 5.56 Å². The molecule has 2 atom stereocenters. The van der Waals surface area contributed by atoms with Gasteiger partial charge in [0.25, 0.3) is 0 Å². The number of hydrogen-bond acceptors (Lipinski definition) is 3. The Bertz CT molecular complexity index is 456. The van der Waals surface area contributed by atoms with Crippen LogP contribution in [0.25, 0.3) is 0 Å². The molecular weight excluding hydrogens is 239 g/mol. The van der Waals surface area contributed by atoms with Crippen molar-refractivity contribution in [3.8, 4) is 6.07 Å². The summed E-state index contributed by atoms with van der Waals surface area (Å²) in [6.07, 6.45) is 2.43. The molecule has 0 radical (unpaired) electrons. The van der Waals surface area contributed by atoms with Crippen molar-refractivity contribution in [2.24, 2.45) is 0 Å². The Morgan fingerprint density at radius 1 is 1.59 bits per heavy atom. The molecule has 0 bridgehead atoms. The Morgan fingerprint density at radius 3 is 2.82 bits per heavy atom. The first-order chi connectivity index (χ1) is 8.04. The van der Waals surface area contributed by atoms with Gasteiger partial charge in [-0.3, -0.25) is 4.21 Å². The van der Waals surface area contributed by atoms with Gasteiger partial charge < -0.3 is 5.32 Å². The first-order valence-corrected chi connectivity index (χ1v) is 6.92. The van der Waals surface area contributed by atoms with Crippen molar-refractivity contribution < 1.29 is 8.60 Å². The van der Waals surface area contributed by atoms with Crippen molar-refractivity contribution in [3.63, 3.8) is 0 Å². The molecule has 0 fully saturated rings. The fourth-order valence-electron chi connectivity index (χ4n) is 1.30. The third-order valence-corrected chi connectivity index (χ3v) is 3.91. The summed E-state index contributed by atoms with van der Waals surface area (Å²) in [4.78, 5) is 0. The van der Waals surface area contributed by atoms with Gasteiger partial charge in [-0.1, -0.05) is 6.92 Å². The van der Waals surface area contributed by atoms with Crippen LogP contribution in [0.5, 0.6) is 0 Å². The van der Waals surface area contributed by atoms with E-state index in [0.29, 0.717) is 12.2 Å². The summed E-state index contributed by atoms with van der Waals surface area (Å²) in [6.45, 7) is 2.54. The number of anilines is 1. The smallest absolute Gasteiger partial charge is 0.143 e. The van der Waals surface area contributed by atoms with Gasteiger partial charge in [-0.2, -0.15) is 5.26 Å². The van der Waals surface area contributed by atoms with Gasteiger partial charge in [-0.15, -0.1) is 0 Å². The SMILES string of the molecule is CC(CCNc1ccc(C#N)c(F)c1)S(C)=O. The van der Waals surface area contributed by atoms with Crippen molar-refractivity contribution in [2.75, 3.05) is 18.1 Å². The molecule has 0 saturated heterocycles. The van der Waals surface area contributed by atoms with Gasteiger partial charge in [0.1, 0.15) is 11.9 Å². The Balaban J connectivity index is 2.51. The highest BCUT2D eigenvalue weighted by Gasteiger charge is 2.06. The molecule has 0 spiro atoms. The average Bonchev–Trinajstić information content (AvgIpc) is 2.29. The molecule has 0 amide bonds. The fourth-order valence-corrected chi connectivity index (χ4v) is 1.75. The first kappa shape index (κ1) is 13.7. The van der Waals surface area contributed by atoms with Gasteiger partial charge in [0.2, 0.25) is 0 Å².